The molecule has 16 heavy (non-hydrogen) atoms. The van der Waals surface area contributed by atoms with E-state index in [2.05, 4.69) is 69.8 Å². The third kappa shape index (κ3) is 2.86. The predicted octanol–water partition coefficient (Wildman–Crippen LogP) is 4.36. The lowest BCUT2D eigenvalue weighted by atomic mass is 9.79. The first-order valence-electron chi connectivity index (χ1n) is 5.90. The maximum Gasteiger partial charge on any atom is -0.0132 e. The maximum atomic E-state index is 3.77. The van der Waals surface area contributed by atoms with Crippen molar-refractivity contribution < 1.29 is 0 Å². The topological polar surface area (TPSA) is 0 Å². The van der Waals surface area contributed by atoms with Gasteiger partial charge in [0.25, 0.3) is 0 Å². The summed E-state index contributed by atoms with van der Waals surface area (Å²) in [5.41, 5.74) is 4.54. The van der Waals surface area contributed by atoms with Crippen LogP contribution in [0.4, 0.5) is 0 Å². The number of hydrogen-bond donors (Lipinski definition) is 0. The SMILES string of the molecule is Cc1cc(C(C)(C)C)cc(C(C)(C)C)c1[PH-]. The molecule has 0 saturated carbocycles. The second-order valence-electron chi connectivity index (χ2n) is 6.72. The molecule has 0 heterocycles. The smallest absolute Gasteiger partial charge is 0.0132 e. The van der Waals surface area contributed by atoms with Gasteiger partial charge in [0.2, 0.25) is 0 Å². The van der Waals surface area contributed by atoms with Crippen LogP contribution in [0.3, 0.4) is 0 Å². The van der Waals surface area contributed by atoms with Crippen molar-refractivity contribution in [3.8, 4) is 0 Å². The zero-order valence-corrected chi connectivity index (χ0v) is 12.7. The molecule has 0 spiro atoms. The second kappa shape index (κ2) is 4.15. The Morgan fingerprint density at radius 2 is 1.38 bits per heavy atom. The Balaban J connectivity index is 3.46. The van der Waals surface area contributed by atoms with Crippen LogP contribution in [0.1, 0.15) is 58.2 Å². The summed E-state index contributed by atoms with van der Waals surface area (Å²) in [6.07, 6.45) is 0. The van der Waals surface area contributed by atoms with E-state index in [4.69, 9.17) is 0 Å². The third-order valence-corrected chi connectivity index (χ3v) is 3.67. The first kappa shape index (κ1) is 13.7. The molecule has 90 valence electrons. The molecule has 0 nitrogen and oxygen atoms in total. The summed E-state index contributed by atoms with van der Waals surface area (Å²) in [7, 11) is 3.77. The molecule has 0 amide bonds. The van der Waals surface area contributed by atoms with E-state index in [0.717, 1.165) is 0 Å². The highest BCUT2D eigenvalue weighted by atomic mass is 31.0. The summed E-state index contributed by atoms with van der Waals surface area (Å²) in [6.45, 7) is 15.8. The Kier molecular flexibility index (Phi) is 3.56. The summed E-state index contributed by atoms with van der Waals surface area (Å²) in [5.74, 6) is 0. The molecule has 0 aromatic heterocycles. The van der Waals surface area contributed by atoms with E-state index in [1.807, 2.05) is 0 Å². The fourth-order valence-electron chi connectivity index (χ4n) is 1.81. The molecule has 0 aliphatic rings. The van der Waals surface area contributed by atoms with Crippen LogP contribution in [-0.2, 0) is 10.8 Å². The van der Waals surface area contributed by atoms with Crippen LogP contribution < -0.4 is 5.30 Å². The fourth-order valence-corrected chi connectivity index (χ4v) is 2.33. The Hall–Kier alpha value is -0.350. The zero-order valence-electron chi connectivity index (χ0n) is 11.7. The standard InChI is InChI=1S/C15H24P/c1-10-8-11(14(2,3)4)9-12(13(10)16)15(5,6)7/h8-9,16H,1-7H3/q-1. The molecule has 0 atom stereocenters. The summed E-state index contributed by atoms with van der Waals surface area (Å²) < 4.78 is 0. The minimum Gasteiger partial charge on any atom is -0.524 e. The van der Waals surface area contributed by atoms with E-state index in [1.54, 1.807) is 0 Å². The highest BCUT2D eigenvalue weighted by molar-refractivity contribution is 7.27. The molecule has 1 aromatic rings. The van der Waals surface area contributed by atoms with Gasteiger partial charge >= 0.3 is 0 Å². The molecular formula is C15H24P-. The predicted molar refractivity (Wildman–Crippen MR) is 76.5 cm³/mol. The normalized spacial score (nSPS) is 13.0. The van der Waals surface area contributed by atoms with Gasteiger partial charge in [-0.2, -0.15) is 0 Å². The molecule has 0 N–H and O–H groups in total. The fraction of sp³-hybridized carbons (Fsp3) is 0.600. The molecule has 1 rings (SSSR count). The van der Waals surface area contributed by atoms with Crippen LogP contribution >= 0.6 is 9.24 Å². The van der Waals surface area contributed by atoms with Gasteiger partial charge in [0.05, 0.1) is 0 Å². The van der Waals surface area contributed by atoms with E-state index in [1.165, 1.54) is 22.0 Å². The molecule has 0 bridgehead atoms. The van der Waals surface area contributed by atoms with Gasteiger partial charge in [0.15, 0.2) is 0 Å². The first-order chi connectivity index (χ1) is 7.03. The number of benzene rings is 1. The Bertz CT molecular complexity index is 389. The van der Waals surface area contributed by atoms with Gasteiger partial charge in [-0.1, -0.05) is 64.8 Å². The van der Waals surface area contributed by atoms with E-state index in [0.29, 0.717) is 0 Å². The van der Waals surface area contributed by atoms with Crippen molar-refractivity contribution in [2.24, 2.45) is 0 Å². The minimum atomic E-state index is 0.184. The molecule has 1 heteroatoms. The van der Waals surface area contributed by atoms with Gasteiger partial charge in [-0.25, -0.2) is 5.30 Å². The van der Waals surface area contributed by atoms with Crippen LogP contribution in [-0.4, -0.2) is 0 Å². The largest absolute Gasteiger partial charge is 0.524 e. The second-order valence-corrected chi connectivity index (χ2v) is 7.22. The van der Waals surface area contributed by atoms with Crippen LogP contribution in [0, 0.1) is 6.92 Å². The van der Waals surface area contributed by atoms with Gasteiger partial charge < -0.3 is 9.24 Å². The molecular weight excluding hydrogens is 211 g/mol. The van der Waals surface area contributed by atoms with Crippen LogP contribution in [0.15, 0.2) is 12.1 Å². The Morgan fingerprint density at radius 3 is 1.75 bits per heavy atom. The van der Waals surface area contributed by atoms with Crippen molar-refractivity contribution in [1.82, 2.24) is 0 Å². The lowest BCUT2D eigenvalue weighted by Gasteiger charge is -2.31. The van der Waals surface area contributed by atoms with Gasteiger partial charge in [-0.3, -0.25) is 0 Å². The first-order valence-corrected chi connectivity index (χ1v) is 6.40. The lowest BCUT2D eigenvalue weighted by Crippen LogP contribution is -2.23. The summed E-state index contributed by atoms with van der Waals surface area (Å²) in [4.78, 5) is 0. The van der Waals surface area contributed by atoms with Crippen molar-refractivity contribution in [3.05, 3.63) is 28.8 Å². The number of rotatable bonds is 0. The molecule has 0 aliphatic carbocycles. The van der Waals surface area contributed by atoms with Crippen LogP contribution in [0.5, 0.6) is 0 Å². The highest BCUT2D eigenvalue weighted by Crippen LogP contribution is 2.29. The molecule has 0 saturated heterocycles. The summed E-state index contributed by atoms with van der Waals surface area (Å²) in [6, 6.07) is 4.63. The van der Waals surface area contributed by atoms with E-state index >= 15 is 0 Å². The van der Waals surface area contributed by atoms with Gasteiger partial charge in [-0.05, 0) is 23.3 Å². The molecule has 0 aliphatic heterocycles. The van der Waals surface area contributed by atoms with Crippen molar-refractivity contribution in [2.75, 3.05) is 0 Å². The summed E-state index contributed by atoms with van der Waals surface area (Å²) >= 11 is 0. The number of hydrogen-bond acceptors (Lipinski definition) is 0. The van der Waals surface area contributed by atoms with E-state index in [-0.39, 0.29) is 10.8 Å². The minimum absolute atomic E-state index is 0.184. The van der Waals surface area contributed by atoms with Crippen molar-refractivity contribution in [3.63, 3.8) is 0 Å². The molecule has 0 radical (unpaired) electrons. The summed E-state index contributed by atoms with van der Waals surface area (Å²) in [5, 5.41) is 1.25. The van der Waals surface area contributed by atoms with E-state index < -0.39 is 0 Å². The molecule has 0 unspecified atom stereocenters. The monoisotopic (exact) mass is 235 g/mol. The van der Waals surface area contributed by atoms with E-state index in [9.17, 15) is 0 Å². The Morgan fingerprint density at radius 1 is 0.875 bits per heavy atom. The van der Waals surface area contributed by atoms with Crippen molar-refractivity contribution in [1.29, 1.82) is 0 Å². The average molecular weight is 235 g/mol. The third-order valence-electron chi connectivity index (χ3n) is 3.01. The Labute approximate surface area is 103 Å². The number of aryl methyl sites for hydroxylation is 1. The van der Waals surface area contributed by atoms with Gasteiger partial charge in [-0.15, -0.1) is 0 Å². The van der Waals surface area contributed by atoms with Crippen molar-refractivity contribution in [2.45, 2.75) is 59.3 Å². The zero-order chi connectivity index (χ0) is 12.7. The molecule has 1 aromatic carbocycles. The lowest BCUT2D eigenvalue weighted by molar-refractivity contribution is 0.570. The maximum absolute atomic E-state index is 3.77. The highest BCUT2D eigenvalue weighted by Gasteiger charge is 2.19. The molecule has 0 fully saturated rings. The van der Waals surface area contributed by atoms with Crippen LogP contribution in [0.25, 0.3) is 0 Å². The van der Waals surface area contributed by atoms with Crippen molar-refractivity contribution >= 4 is 14.5 Å². The average Bonchev–Trinajstić information content (AvgIpc) is 2.05. The quantitative estimate of drug-likeness (QED) is 0.586. The van der Waals surface area contributed by atoms with Gasteiger partial charge in [0, 0.05) is 0 Å². The van der Waals surface area contributed by atoms with Gasteiger partial charge in [0.1, 0.15) is 0 Å². The van der Waals surface area contributed by atoms with Crippen LogP contribution in [0.2, 0.25) is 0 Å².